The van der Waals surface area contributed by atoms with Crippen molar-refractivity contribution in [2.75, 3.05) is 13.1 Å². The Morgan fingerprint density at radius 1 is 1.17 bits per heavy atom. The van der Waals surface area contributed by atoms with E-state index < -0.39 is 0 Å². The Bertz CT molecular complexity index is 617. The van der Waals surface area contributed by atoms with Gasteiger partial charge in [0.2, 0.25) is 0 Å². The maximum absolute atomic E-state index is 9.63. The summed E-state index contributed by atoms with van der Waals surface area (Å²) in [5.41, 5.74) is 3.93. The summed E-state index contributed by atoms with van der Waals surface area (Å²) < 4.78 is 1.83. The number of rotatable bonds is 6. The monoisotopic (exact) mass is 314 g/mol. The molecule has 1 aromatic carbocycles. The van der Waals surface area contributed by atoms with E-state index in [2.05, 4.69) is 39.6 Å². The van der Waals surface area contributed by atoms with Crippen LogP contribution in [0.5, 0.6) is 0 Å². The number of likely N-dealkylation sites (tertiary alicyclic amines) is 1. The third kappa shape index (κ3) is 4.64. The van der Waals surface area contributed by atoms with Crippen molar-refractivity contribution in [2.24, 2.45) is 7.05 Å². The van der Waals surface area contributed by atoms with Crippen molar-refractivity contribution in [3.05, 3.63) is 53.3 Å². The van der Waals surface area contributed by atoms with Gasteiger partial charge in [-0.25, -0.2) is 0 Å². The lowest BCUT2D eigenvalue weighted by molar-refractivity contribution is 0.0791. The van der Waals surface area contributed by atoms with E-state index in [-0.39, 0.29) is 6.10 Å². The molecule has 0 spiro atoms. The molecule has 0 amide bonds. The van der Waals surface area contributed by atoms with Crippen LogP contribution < -0.4 is 5.32 Å². The molecule has 0 bridgehead atoms. The van der Waals surface area contributed by atoms with Gasteiger partial charge < -0.3 is 10.4 Å². The van der Waals surface area contributed by atoms with Crippen LogP contribution in [0.2, 0.25) is 0 Å². The average molecular weight is 314 g/mol. The summed E-state index contributed by atoms with van der Waals surface area (Å²) in [6.07, 6.45) is 5.61. The zero-order valence-electron chi connectivity index (χ0n) is 13.8. The van der Waals surface area contributed by atoms with Gasteiger partial charge in [0.1, 0.15) is 0 Å². The van der Waals surface area contributed by atoms with Gasteiger partial charge >= 0.3 is 0 Å². The highest BCUT2D eigenvalue weighted by atomic mass is 16.3. The van der Waals surface area contributed by atoms with Gasteiger partial charge in [0.15, 0.2) is 0 Å². The molecule has 1 aromatic heterocycles. The molecule has 3 rings (SSSR count). The minimum absolute atomic E-state index is 0.109. The van der Waals surface area contributed by atoms with Crippen molar-refractivity contribution in [1.29, 1.82) is 0 Å². The molecule has 0 radical (unpaired) electrons. The summed E-state index contributed by atoms with van der Waals surface area (Å²) in [5.74, 6) is 0. The number of nitrogens with one attached hydrogen (secondary N) is 1. The van der Waals surface area contributed by atoms with Crippen LogP contribution in [-0.2, 0) is 26.7 Å². The highest BCUT2D eigenvalue weighted by Gasteiger charge is 2.17. The molecule has 1 aliphatic heterocycles. The first-order valence-corrected chi connectivity index (χ1v) is 8.36. The van der Waals surface area contributed by atoms with Crippen LogP contribution in [0.1, 0.15) is 29.5 Å². The predicted molar refractivity (Wildman–Crippen MR) is 90.7 cm³/mol. The van der Waals surface area contributed by atoms with Gasteiger partial charge in [0.05, 0.1) is 12.3 Å². The van der Waals surface area contributed by atoms with Crippen molar-refractivity contribution < 1.29 is 5.11 Å². The SMILES string of the molecule is Cn1cc(CNCc2ccccc2CN2CCC(O)CC2)cn1. The Morgan fingerprint density at radius 2 is 1.91 bits per heavy atom. The first-order valence-electron chi connectivity index (χ1n) is 8.36. The topological polar surface area (TPSA) is 53.3 Å². The van der Waals surface area contributed by atoms with Crippen LogP contribution in [0, 0.1) is 0 Å². The summed E-state index contributed by atoms with van der Waals surface area (Å²) in [6, 6.07) is 8.62. The molecule has 5 heteroatoms. The van der Waals surface area contributed by atoms with Crippen LogP contribution in [0.3, 0.4) is 0 Å². The van der Waals surface area contributed by atoms with Crippen LogP contribution >= 0.6 is 0 Å². The number of aliphatic hydroxyl groups is 1. The summed E-state index contributed by atoms with van der Waals surface area (Å²) in [5, 5.41) is 17.3. The zero-order chi connectivity index (χ0) is 16.1. The first kappa shape index (κ1) is 16.2. The summed E-state index contributed by atoms with van der Waals surface area (Å²) in [4.78, 5) is 2.44. The maximum Gasteiger partial charge on any atom is 0.0564 e. The largest absolute Gasteiger partial charge is 0.393 e. The van der Waals surface area contributed by atoms with Gasteiger partial charge in [0, 0.05) is 51.5 Å². The van der Waals surface area contributed by atoms with E-state index in [1.165, 1.54) is 16.7 Å². The van der Waals surface area contributed by atoms with Gasteiger partial charge in [-0.3, -0.25) is 9.58 Å². The quantitative estimate of drug-likeness (QED) is 0.851. The molecule has 124 valence electrons. The standard InChI is InChI=1S/C18H26N4O/c1-21-13-15(11-20-21)10-19-12-16-4-2-3-5-17(16)14-22-8-6-18(23)7-9-22/h2-5,11,13,18-19,23H,6-10,12,14H2,1H3. The Labute approximate surface area is 137 Å². The minimum atomic E-state index is -0.109. The van der Waals surface area contributed by atoms with Crippen molar-refractivity contribution in [1.82, 2.24) is 20.0 Å². The first-order chi connectivity index (χ1) is 11.2. The van der Waals surface area contributed by atoms with Gasteiger partial charge in [-0.2, -0.15) is 5.10 Å². The fourth-order valence-corrected chi connectivity index (χ4v) is 3.11. The van der Waals surface area contributed by atoms with E-state index in [9.17, 15) is 5.11 Å². The lowest BCUT2D eigenvalue weighted by Gasteiger charge is -2.30. The Morgan fingerprint density at radius 3 is 2.61 bits per heavy atom. The second-order valence-electron chi connectivity index (χ2n) is 6.40. The number of aliphatic hydroxyl groups excluding tert-OH is 1. The number of nitrogens with zero attached hydrogens (tertiary/aromatic N) is 3. The molecular weight excluding hydrogens is 288 g/mol. The molecule has 0 aliphatic carbocycles. The van der Waals surface area contributed by atoms with E-state index in [0.29, 0.717) is 0 Å². The van der Waals surface area contributed by atoms with Crippen molar-refractivity contribution in [3.8, 4) is 0 Å². The molecule has 23 heavy (non-hydrogen) atoms. The fraction of sp³-hybridized carbons (Fsp3) is 0.500. The molecule has 2 aromatic rings. The molecule has 1 saturated heterocycles. The van der Waals surface area contributed by atoms with E-state index in [4.69, 9.17) is 0 Å². The van der Waals surface area contributed by atoms with E-state index in [0.717, 1.165) is 45.6 Å². The number of benzene rings is 1. The predicted octanol–water partition coefficient (Wildman–Crippen LogP) is 1.67. The highest BCUT2D eigenvalue weighted by molar-refractivity contribution is 5.27. The smallest absolute Gasteiger partial charge is 0.0564 e. The summed E-state index contributed by atoms with van der Waals surface area (Å²) in [7, 11) is 1.94. The van der Waals surface area contributed by atoms with Crippen molar-refractivity contribution in [2.45, 2.75) is 38.6 Å². The van der Waals surface area contributed by atoms with Crippen molar-refractivity contribution in [3.63, 3.8) is 0 Å². The average Bonchev–Trinajstić information content (AvgIpc) is 2.97. The zero-order valence-corrected chi connectivity index (χ0v) is 13.8. The summed E-state index contributed by atoms with van der Waals surface area (Å²) >= 11 is 0. The van der Waals surface area contributed by atoms with E-state index in [1.54, 1.807) is 0 Å². The number of aryl methyl sites for hydroxylation is 1. The molecule has 2 heterocycles. The Hall–Kier alpha value is -1.69. The minimum Gasteiger partial charge on any atom is -0.393 e. The molecule has 2 N–H and O–H groups in total. The molecule has 1 fully saturated rings. The second kappa shape index (κ2) is 7.73. The van der Waals surface area contributed by atoms with Gasteiger partial charge in [-0.15, -0.1) is 0 Å². The number of hydrogen-bond acceptors (Lipinski definition) is 4. The van der Waals surface area contributed by atoms with Crippen LogP contribution in [-0.4, -0.2) is 39.0 Å². The number of hydrogen-bond donors (Lipinski definition) is 2. The fourth-order valence-electron chi connectivity index (χ4n) is 3.11. The van der Waals surface area contributed by atoms with Crippen LogP contribution in [0.15, 0.2) is 36.7 Å². The third-order valence-electron chi connectivity index (χ3n) is 4.47. The molecule has 0 unspecified atom stereocenters. The second-order valence-corrected chi connectivity index (χ2v) is 6.40. The summed E-state index contributed by atoms with van der Waals surface area (Å²) in [6.45, 7) is 4.63. The third-order valence-corrected chi connectivity index (χ3v) is 4.47. The lowest BCUT2D eigenvalue weighted by atomic mass is 10.0. The number of aromatic nitrogens is 2. The number of piperidine rings is 1. The maximum atomic E-state index is 9.63. The Kier molecular flexibility index (Phi) is 5.43. The Balaban J connectivity index is 1.54. The van der Waals surface area contributed by atoms with E-state index in [1.807, 2.05) is 24.1 Å². The van der Waals surface area contributed by atoms with Gasteiger partial charge in [-0.1, -0.05) is 24.3 Å². The highest BCUT2D eigenvalue weighted by Crippen LogP contribution is 2.16. The molecular formula is C18H26N4O. The van der Waals surface area contributed by atoms with E-state index >= 15 is 0 Å². The molecule has 0 atom stereocenters. The lowest BCUT2D eigenvalue weighted by Crippen LogP contribution is -2.35. The normalized spacial score (nSPS) is 16.8. The molecule has 0 saturated carbocycles. The van der Waals surface area contributed by atoms with Gasteiger partial charge in [-0.05, 0) is 24.0 Å². The molecule has 5 nitrogen and oxygen atoms in total. The van der Waals surface area contributed by atoms with Crippen LogP contribution in [0.4, 0.5) is 0 Å². The van der Waals surface area contributed by atoms with Gasteiger partial charge in [0.25, 0.3) is 0 Å². The molecule has 1 aliphatic rings. The van der Waals surface area contributed by atoms with Crippen LogP contribution in [0.25, 0.3) is 0 Å². The van der Waals surface area contributed by atoms with Crippen molar-refractivity contribution >= 4 is 0 Å².